The Kier molecular flexibility index (Phi) is 13.0. The first kappa shape index (κ1) is 35.4. The van der Waals surface area contributed by atoms with Gasteiger partial charge in [0.25, 0.3) is 0 Å². The van der Waals surface area contributed by atoms with Crippen molar-refractivity contribution in [2.75, 3.05) is 19.8 Å². The highest BCUT2D eigenvalue weighted by atomic mass is 31.2. The van der Waals surface area contributed by atoms with Crippen LogP contribution in [0.4, 0.5) is 0 Å². The fourth-order valence-electron chi connectivity index (χ4n) is 4.13. The zero-order valence-corrected chi connectivity index (χ0v) is 23.1. The quantitative estimate of drug-likeness (QED) is 0.0726. The van der Waals surface area contributed by atoms with E-state index in [4.69, 9.17) is 23.3 Å². The van der Waals surface area contributed by atoms with Gasteiger partial charge in [0.1, 0.15) is 67.6 Å². The fourth-order valence-corrected chi connectivity index (χ4v) is 5.09. The predicted octanol–water partition coefficient (Wildman–Crippen LogP) is -5.23. The molecule has 0 radical (unpaired) electrons. The van der Waals surface area contributed by atoms with Crippen LogP contribution in [-0.4, -0.2) is 152 Å². The lowest BCUT2D eigenvalue weighted by Gasteiger charge is -2.48. The number of hydrogen-bond acceptors (Lipinski definition) is 17. The molecule has 1 aliphatic heterocycles. The molecule has 13 unspecified atom stereocenters. The number of rotatable bonds is 12. The molecule has 0 aromatic rings. The Bertz CT molecular complexity index is 953. The van der Waals surface area contributed by atoms with Gasteiger partial charge in [0.15, 0.2) is 12.4 Å². The largest absolute Gasteiger partial charge is 0.472 e. The van der Waals surface area contributed by atoms with Gasteiger partial charge in [0.2, 0.25) is 5.91 Å². The molecule has 2 rings (SSSR count). The summed E-state index contributed by atoms with van der Waals surface area (Å²) in [6, 6.07) is -1.57. The lowest BCUT2D eigenvalue weighted by molar-refractivity contribution is -0.317. The monoisotopic (exact) mass is 621 g/mol. The molecule has 0 spiro atoms. The number of hydrogen-bond donors (Lipinski definition) is 9. The summed E-state index contributed by atoms with van der Waals surface area (Å²) in [6.45, 7) is 0.808. The maximum Gasteiger partial charge on any atom is 0.472 e. The number of aliphatic hydroxyl groups excluding tert-OH is 7. The minimum Gasteiger partial charge on any atom is -0.462 e. The molecule has 1 aliphatic carbocycles. The van der Waals surface area contributed by atoms with Gasteiger partial charge < -0.3 is 64.9 Å². The van der Waals surface area contributed by atoms with E-state index >= 15 is 0 Å². The van der Waals surface area contributed by atoms with Crippen molar-refractivity contribution in [3.63, 3.8) is 0 Å². The molecule has 1 amide bonds. The average Bonchev–Trinajstić information content (AvgIpc) is 2.88. The van der Waals surface area contributed by atoms with E-state index in [1.807, 2.05) is 0 Å². The second-order valence-electron chi connectivity index (χ2n) is 9.36. The van der Waals surface area contributed by atoms with Gasteiger partial charge in [-0.3, -0.25) is 23.4 Å². The van der Waals surface area contributed by atoms with Gasteiger partial charge in [0.05, 0.1) is 13.2 Å². The van der Waals surface area contributed by atoms with Crippen LogP contribution in [0.3, 0.4) is 0 Å². The highest BCUT2D eigenvalue weighted by Gasteiger charge is 2.55. The van der Waals surface area contributed by atoms with Gasteiger partial charge in [-0.1, -0.05) is 0 Å². The highest BCUT2D eigenvalue weighted by molar-refractivity contribution is 7.47. The van der Waals surface area contributed by atoms with Crippen molar-refractivity contribution in [3.8, 4) is 0 Å². The van der Waals surface area contributed by atoms with Crippen LogP contribution in [0.1, 0.15) is 20.8 Å². The Morgan fingerprint density at radius 2 is 1.44 bits per heavy atom. The summed E-state index contributed by atoms with van der Waals surface area (Å²) < 4.78 is 43.0. The number of phosphoric ester groups is 1. The van der Waals surface area contributed by atoms with Crippen molar-refractivity contribution in [3.05, 3.63) is 0 Å². The van der Waals surface area contributed by atoms with E-state index in [2.05, 4.69) is 10.1 Å². The summed E-state index contributed by atoms with van der Waals surface area (Å²) in [5, 5.41) is 73.9. The summed E-state index contributed by atoms with van der Waals surface area (Å²) in [6.07, 6.45) is -21.1. The van der Waals surface area contributed by atoms with Crippen LogP contribution in [0.5, 0.6) is 0 Å². The molecule has 1 saturated heterocycles. The lowest BCUT2D eigenvalue weighted by atomic mass is 9.84. The number of ether oxygens (including phenoxy) is 4. The third kappa shape index (κ3) is 9.58. The smallest absolute Gasteiger partial charge is 0.462 e. The molecule has 0 bridgehead atoms. The molecule has 20 heteroatoms. The van der Waals surface area contributed by atoms with Crippen LogP contribution < -0.4 is 5.32 Å². The average molecular weight is 621 g/mol. The molecule has 238 valence electrons. The second-order valence-corrected chi connectivity index (χ2v) is 10.8. The standard InChI is InChI=1S/C21H36NO18P/c1-7(24)22-12-14(28)13(27)11(4-23)38-21(12)39-19-17(31)15(29)16(30)18(32)20(19)40-41(33,34)36-6-10(37-9(3)26)5-35-8(2)25/h10-21,23,27-32H,4-6H2,1-3H3,(H,22,24)(H,33,34). The van der Waals surface area contributed by atoms with Gasteiger partial charge >= 0.3 is 19.8 Å². The molecule has 9 N–H and O–H groups in total. The van der Waals surface area contributed by atoms with E-state index in [9.17, 15) is 59.6 Å². The van der Waals surface area contributed by atoms with Crippen LogP contribution in [0.2, 0.25) is 0 Å². The fraction of sp³-hybridized carbons (Fsp3) is 0.857. The van der Waals surface area contributed by atoms with Gasteiger partial charge in [-0.25, -0.2) is 4.57 Å². The highest BCUT2D eigenvalue weighted by Crippen LogP contribution is 2.47. The predicted molar refractivity (Wildman–Crippen MR) is 127 cm³/mol. The first-order valence-corrected chi connectivity index (χ1v) is 13.7. The number of carbonyl (C=O) groups is 3. The van der Waals surface area contributed by atoms with Gasteiger partial charge in [-0.2, -0.15) is 0 Å². The van der Waals surface area contributed by atoms with E-state index < -0.39 is 119 Å². The molecule has 1 heterocycles. The molecular formula is C21H36NO18P. The summed E-state index contributed by atoms with van der Waals surface area (Å²) >= 11 is 0. The number of esters is 2. The Labute approximate surface area is 233 Å². The molecule has 1 saturated carbocycles. The third-order valence-electron chi connectivity index (χ3n) is 6.07. The zero-order valence-electron chi connectivity index (χ0n) is 22.2. The molecule has 13 atom stereocenters. The lowest BCUT2D eigenvalue weighted by Crippen LogP contribution is -2.69. The normalized spacial score (nSPS) is 37.9. The van der Waals surface area contributed by atoms with Gasteiger partial charge in [-0.05, 0) is 0 Å². The number of aliphatic hydroxyl groups is 7. The number of amides is 1. The van der Waals surface area contributed by atoms with Crippen molar-refractivity contribution in [1.29, 1.82) is 0 Å². The van der Waals surface area contributed by atoms with E-state index in [0.717, 1.165) is 20.8 Å². The minimum atomic E-state index is -5.30. The molecule has 41 heavy (non-hydrogen) atoms. The molecule has 2 aliphatic rings. The molecular weight excluding hydrogens is 585 g/mol. The Balaban J connectivity index is 2.30. The summed E-state index contributed by atoms with van der Waals surface area (Å²) in [4.78, 5) is 44.4. The Morgan fingerprint density at radius 1 is 0.854 bits per heavy atom. The van der Waals surface area contributed by atoms with Crippen LogP contribution in [0.15, 0.2) is 0 Å². The summed E-state index contributed by atoms with van der Waals surface area (Å²) in [7, 11) is -5.30. The molecule has 19 nitrogen and oxygen atoms in total. The minimum absolute atomic E-state index is 0.569. The van der Waals surface area contributed by atoms with Gasteiger partial charge in [0, 0.05) is 20.8 Å². The Hall–Kier alpha value is -1.84. The van der Waals surface area contributed by atoms with Crippen molar-refractivity contribution >= 4 is 25.7 Å². The Morgan fingerprint density at radius 3 is 1.95 bits per heavy atom. The van der Waals surface area contributed by atoms with E-state index in [-0.39, 0.29) is 0 Å². The maximum atomic E-state index is 12.8. The van der Waals surface area contributed by atoms with Crippen LogP contribution in [0, 0.1) is 0 Å². The second kappa shape index (κ2) is 15.1. The first-order valence-electron chi connectivity index (χ1n) is 12.2. The van der Waals surface area contributed by atoms with E-state index in [1.165, 1.54) is 0 Å². The first-order chi connectivity index (χ1) is 19.0. The number of carbonyl (C=O) groups excluding carboxylic acids is 3. The van der Waals surface area contributed by atoms with Crippen LogP contribution >= 0.6 is 7.82 Å². The number of nitrogens with one attached hydrogen (secondary N) is 1. The van der Waals surface area contributed by atoms with E-state index in [0.29, 0.717) is 0 Å². The molecule has 2 fully saturated rings. The third-order valence-corrected chi connectivity index (χ3v) is 7.06. The molecule has 0 aromatic heterocycles. The topological polar surface area (TPSA) is 298 Å². The van der Waals surface area contributed by atoms with Crippen molar-refractivity contribution in [1.82, 2.24) is 5.32 Å². The SMILES string of the molecule is CC(=O)NC1C(OC2C(O)C(O)C(O)C(O)C2OP(=O)(O)OCC(COC(C)=O)OC(C)=O)OC(CO)C(O)C1O. The van der Waals surface area contributed by atoms with Crippen LogP contribution in [-0.2, 0) is 46.9 Å². The summed E-state index contributed by atoms with van der Waals surface area (Å²) in [5.74, 6) is -2.36. The zero-order chi connectivity index (χ0) is 31.2. The van der Waals surface area contributed by atoms with E-state index in [1.54, 1.807) is 0 Å². The van der Waals surface area contributed by atoms with Crippen molar-refractivity contribution < 1.29 is 87.6 Å². The van der Waals surface area contributed by atoms with Gasteiger partial charge in [-0.15, -0.1) is 0 Å². The maximum absolute atomic E-state index is 12.8. The summed E-state index contributed by atoms with van der Waals surface area (Å²) in [5.41, 5.74) is 0. The van der Waals surface area contributed by atoms with Crippen molar-refractivity contribution in [2.24, 2.45) is 0 Å². The number of phosphoric acid groups is 1. The van der Waals surface area contributed by atoms with Crippen LogP contribution in [0.25, 0.3) is 0 Å². The van der Waals surface area contributed by atoms with Crippen molar-refractivity contribution in [2.45, 2.75) is 94.1 Å². The molecule has 0 aromatic carbocycles.